The number of amides is 1. The number of carbonyl (C=O) groups is 1. The van der Waals surface area contributed by atoms with E-state index in [0.29, 0.717) is 5.92 Å². The van der Waals surface area contributed by atoms with Crippen molar-refractivity contribution in [1.82, 2.24) is 20.6 Å². The predicted octanol–water partition coefficient (Wildman–Crippen LogP) is 2.56. The van der Waals surface area contributed by atoms with Crippen LogP contribution in [0, 0.1) is 11.8 Å². The summed E-state index contributed by atoms with van der Waals surface area (Å²) in [5.41, 5.74) is 9.03. The van der Waals surface area contributed by atoms with Gasteiger partial charge in [0.05, 0.1) is 5.92 Å². The van der Waals surface area contributed by atoms with E-state index in [4.69, 9.17) is 15.0 Å². The van der Waals surface area contributed by atoms with Crippen molar-refractivity contribution in [2.45, 2.75) is 49.5 Å². The molecule has 1 aromatic carbocycles. The number of nitrogens with two attached hydrogens (primary N) is 1. The minimum atomic E-state index is -0.582. The Balaban J connectivity index is 1.11. The smallest absolute Gasteiger partial charge is 0.286 e. The molecule has 32 heavy (non-hydrogen) atoms. The van der Waals surface area contributed by atoms with Crippen LogP contribution in [0.2, 0.25) is 0 Å². The third kappa shape index (κ3) is 3.33. The number of hydrogen-bond donors (Lipinski definition) is 2. The van der Waals surface area contributed by atoms with Crippen molar-refractivity contribution < 1.29 is 14.0 Å². The SMILES string of the molecule is NC(=O)C1=C[C@](c2ccccc2)(C2CC(c3nnc(C4CN(CC5CCC5)C4)o3)C2)NO1. The fourth-order valence-electron chi connectivity index (χ4n) is 5.50. The van der Waals surface area contributed by atoms with Gasteiger partial charge in [0.2, 0.25) is 17.5 Å². The van der Waals surface area contributed by atoms with Crippen molar-refractivity contribution in [3.63, 3.8) is 0 Å². The van der Waals surface area contributed by atoms with Gasteiger partial charge in [0.15, 0.2) is 0 Å². The van der Waals surface area contributed by atoms with Gasteiger partial charge < -0.3 is 19.9 Å². The molecule has 4 aliphatic rings. The molecule has 1 amide bonds. The molecule has 3 N–H and O–H groups in total. The molecule has 1 saturated heterocycles. The van der Waals surface area contributed by atoms with Gasteiger partial charge in [-0.1, -0.05) is 36.8 Å². The summed E-state index contributed by atoms with van der Waals surface area (Å²) in [6, 6.07) is 10.0. The number of benzene rings is 1. The lowest BCUT2D eigenvalue weighted by molar-refractivity contribution is -0.119. The quantitative estimate of drug-likeness (QED) is 0.688. The second-order valence-corrected chi connectivity index (χ2v) is 9.87. The topological polar surface area (TPSA) is 107 Å². The van der Waals surface area contributed by atoms with E-state index in [-0.39, 0.29) is 17.6 Å². The molecule has 2 saturated carbocycles. The van der Waals surface area contributed by atoms with Crippen LogP contribution in [0.15, 0.2) is 46.6 Å². The number of carbonyl (C=O) groups excluding carboxylic acids is 1. The zero-order valence-electron chi connectivity index (χ0n) is 18.1. The Morgan fingerprint density at radius 2 is 1.84 bits per heavy atom. The zero-order chi connectivity index (χ0) is 21.7. The van der Waals surface area contributed by atoms with Crippen LogP contribution in [0.5, 0.6) is 0 Å². The number of primary amides is 1. The van der Waals surface area contributed by atoms with E-state index in [1.165, 1.54) is 25.8 Å². The maximum atomic E-state index is 11.7. The van der Waals surface area contributed by atoms with Crippen LogP contribution in [-0.2, 0) is 15.2 Å². The fraction of sp³-hybridized carbons (Fsp3) is 0.542. The lowest BCUT2D eigenvalue weighted by atomic mass is 9.62. The normalized spacial score (nSPS) is 30.7. The molecule has 0 spiro atoms. The Kier molecular flexibility index (Phi) is 4.80. The zero-order valence-corrected chi connectivity index (χ0v) is 18.1. The number of rotatable bonds is 7. The van der Waals surface area contributed by atoms with Gasteiger partial charge in [0, 0.05) is 25.6 Å². The van der Waals surface area contributed by atoms with Crippen molar-refractivity contribution in [3.8, 4) is 0 Å². The van der Waals surface area contributed by atoms with Crippen molar-refractivity contribution in [2.24, 2.45) is 17.6 Å². The lowest BCUT2D eigenvalue weighted by Gasteiger charge is -2.44. The minimum absolute atomic E-state index is 0.161. The molecule has 8 nitrogen and oxygen atoms in total. The van der Waals surface area contributed by atoms with Gasteiger partial charge in [-0.25, -0.2) is 0 Å². The summed E-state index contributed by atoms with van der Waals surface area (Å²) in [5, 5.41) is 8.74. The van der Waals surface area contributed by atoms with E-state index in [0.717, 1.165) is 49.2 Å². The van der Waals surface area contributed by atoms with E-state index in [2.05, 4.69) is 20.6 Å². The molecule has 8 heteroatoms. The molecule has 2 aliphatic heterocycles. The van der Waals surface area contributed by atoms with E-state index in [1.54, 1.807) is 0 Å². The number of aromatic nitrogens is 2. The number of nitrogens with zero attached hydrogens (tertiary/aromatic N) is 3. The molecule has 6 rings (SSSR count). The third-order valence-corrected chi connectivity index (χ3v) is 7.82. The number of hydrogen-bond acceptors (Lipinski definition) is 7. The Labute approximate surface area is 187 Å². The van der Waals surface area contributed by atoms with E-state index >= 15 is 0 Å². The monoisotopic (exact) mass is 435 g/mol. The molecule has 2 aromatic rings. The summed E-state index contributed by atoms with van der Waals surface area (Å²) < 4.78 is 6.10. The first kappa shape index (κ1) is 19.9. The molecule has 168 valence electrons. The lowest BCUT2D eigenvalue weighted by Crippen LogP contribution is -2.48. The van der Waals surface area contributed by atoms with Crippen LogP contribution in [0.4, 0.5) is 0 Å². The molecule has 0 bridgehead atoms. The van der Waals surface area contributed by atoms with E-state index in [1.807, 2.05) is 36.4 Å². The summed E-state index contributed by atoms with van der Waals surface area (Å²) in [6.07, 6.45) is 7.73. The van der Waals surface area contributed by atoms with Crippen LogP contribution in [0.3, 0.4) is 0 Å². The van der Waals surface area contributed by atoms with Crippen molar-refractivity contribution >= 4 is 5.91 Å². The highest BCUT2D eigenvalue weighted by Crippen LogP contribution is 2.52. The second kappa shape index (κ2) is 7.71. The Morgan fingerprint density at radius 3 is 2.47 bits per heavy atom. The highest BCUT2D eigenvalue weighted by molar-refractivity contribution is 5.90. The van der Waals surface area contributed by atoms with Gasteiger partial charge in [0.25, 0.3) is 5.91 Å². The van der Waals surface area contributed by atoms with Crippen molar-refractivity contribution in [1.29, 1.82) is 0 Å². The Morgan fingerprint density at radius 1 is 1.12 bits per heavy atom. The summed E-state index contributed by atoms with van der Waals surface area (Å²) >= 11 is 0. The molecule has 3 heterocycles. The first-order valence-electron chi connectivity index (χ1n) is 11.7. The molecular formula is C24H29N5O3. The Hall–Kier alpha value is -2.71. The molecular weight excluding hydrogens is 406 g/mol. The van der Waals surface area contributed by atoms with Crippen LogP contribution in [-0.4, -0.2) is 40.6 Å². The molecule has 0 unspecified atom stereocenters. The summed E-state index contributed by atoms with van der Waals surface area (Å²) in [5.74, 6) is 2.82. The van der Waals surface area contributed by atoms with Crippen molar-refractivity contribution in [3.05, 3.63) is 59.5 Å². The average Bonchev–Trinajstić information content (AvgIpc) is 3.34. The molecule has 3 fully saturated rings. The van der Waals surface area contributed by atoms with Gasteiger partial charge in [-0.05, 0) is 49.2 Å². The van der Waals surface area contributed by atoms with Gasteiger partial charge in [-0.2, -0.15) is 0 Å². The van der Waals surface area contributed by atoms with Crippen LogP contribution >= 0.6 is 0 Å². The van der Waals surface area contributed by atoms with Gasteiger partial charge in [0.1, 0.15) is 5.54 Å². The first-order chi connectivity index (χ1) is 15.6. The van der Waals surface area contributed by atoms with E-state index in [9.17, 15) is 4.79 Å². The van der Waals surface area contributed by atoms with Crippen LogP contribution < -0.4 is 11.2 Å². The van der Waals surface area contributed by atoms with Gasteiger partial charge in [-0.3, -0.25) is 4.79 Å². The van der Waals surface area contributed by atoms with Gasteiger partial charge in [-0.15, -0.1) is 15.7 Å². The maximum Gasteiger partial charge on any atom is 0.286 e. The average molecular weight is 436 g/mol. The van der Waals surface area contributed by atoms with Crippen LogP contribution in [0.25, 0.3) is 0 Å². The second-order valence-electron chi connectivity index (χ2n) is 9.87. The van der Waals surface area contributed by atoms with E-state index < -0.39 is 11.4 Å². The molecule has 2 aliphatic carbocycles. The Bertz CT molecular complexity index is 1020. The summed E-state index contributed by atoms with van der Waals surface area (Å²) in [4.78, 5) is 19.7. The standard InChI is InChI=1S/C24H29N5O3/c25-21(30)20-11-24(28-32-20,18-7-2-1-3-8-18)19-9-16(10-19)22-26-27-23(31-22)17-13-29(14-17)12-15-5-4-6-15/h1-3,7-8,11,15-17,19,28H,4-6,9-10,12-14H2,(H2,25,30)/t16?,19?,24-/m0/s1. The molecule has 1 atom stereocenters. The largest absolute Gasteiger partial charge is 0.425 e. The highest BCUT2D eigenvalue weighted by atomic mass is 16.7. The third-order valence-electron chi connectivity index (χ3n) is 7.82. The van der Waals surface area contributed by atoms with Gasteiger partial charge >= 0.3 is 0 Å². The number of nitrogens with one attached hydrogen (secondary N) is 1. The number of likely N-dealkylation sites (tertiary alicyclic amines) is 1. The highest BCUT2D eigenvalue weighted by Gasteiger charge is 2.51. The number of hydroxylamine groups is 1. The molecule has 1 aromatic heterocycles. The fourth-order valence-corrected chi connectivity index (χ4v) is 5.50. The van der Waals surface area contributed by atoms with Crippen LogP contribution in [0.1, 0.15) is 61.3 Å². The molecule has 0 radical (unpaired) electrons. The first-order valence-corrected chi connectivity index (χ1v) is 11.7. The predicted molar refractivity (Wildman–Crippen MR) is 116 cm³/mol. The maximum absolute atomic E-state index is 11.7. The summed E-state index contributed by atoms with van der Waals surface area (Å²) in [7, 11) is 0. The summed E-state index contributed by atoms with van der Waals surface area (Å²) in [6.45, 7) is 3.29. The minimum Gasteiger partial charge on any atom is -0.425 e. The van der Waals surface area contributed by atoms with Crippen molar-refractivity contribution in [2.75, 3.05) is 19.6 Å².